The van der Waals surface area contributed by atoms with Crippen molar-refractivity contribution in [2.24, 2.45) is 5.41 Å². The Kier molecular flexibility index (Phi) is 5.46. The van der Waals surface area contributed by atoms with E-state index in [9.17, 15) is 0 Å². The van der Waals surface area contributed by atoms with E-state index in [2.05, 4.69) is 46.8 Å². The van der Waals surface area contributed by atoms with E-state index in [0.717, 1.165) is 59.3 Å². The molecule has 4 aromatic heterocycles. The van der Waals surface area contributed by atoms with Gasteiger partial charge in [-0.05, 0) is 37.7 Å². The number of nitrogen functional groups attached to an aromatic ring is 1. The number of piperidine rings is 1. The average molecular weight is 610 g/mol. The van der Waals surface area contributed by atoms with Crippen molar-refractivity contribution >= 4 is 74.7 Å². The molecule has 5 heterocycles. The summed E-state index contributed by atoms with van der Waals surface area (Å²) < 4.78 is 3.20. The van der Waals surface area contributed by atoms with Crippen LogP contribution in [0, 0.1) is 12.3 Å². The van der Waals surface area contributed by atoms with Gasteiger partial charge in [0.05, 0.1) is 14.5 Å². The number of aromatic nitrogens is 5. The molecule has 1 atom stereocenters. The molecule has 0 unspecified atom stereocenters. The molecule has 0 amide bonds. The molecule has 2 N–H and O–H groups in total. The van der Waals surface area contributed by atoms with Gasteiger partial charge in [-0.3, -0.25) is 4.40 Å². The van der Waals surface area contributed by atoms with E-state index >= 15 is 0 Å². The third-order valence-corrected chi connectivity index (χ3v) is 11.1. The number of anilines is 2. The highest BCUT2D eigenvalue weighted by Gasteiger charge is 2.48. The lowest BCUT2D eigenvalue weighted by atomic mass is 9.76. The van der Waals surface area contributed by atoms with Gasteiger partial charge in [-0.25, -0.2) is 19.9 Å². The first-order chi connectivity index (χ1) is 15.9. The lowest BCUT2D eigenvalue weighted by Gasteiger charge is -2.41. The Bertz CT molecular complexity index is 1360. The summed E-state index contributed by atoms with van der Waals surface area (Å²) in [5, 5.41) is 0. The summed E-state index contributed by atoms with van der Waals surface area (Å²) in [6.07, 6.45) is 10.8. The van der Waals surface area contributed by atoms with Gasteiger partial charge < -0.3 is 10.6 Å². The van der Waals surface area contributed by atoms with E-state index in [1.807, 2.05) is 31.6 Å². The summed E-state index contributed by atoms with van der Waals surface area (Å²) >= 11 is 12.0. The molecule has 170 valence electrons. The van der Waals surface area contributed by atoms with Crippen molar-refractivity contribution in [2.75, 3.05) is 23.7 Å². The zero-order valence-electron chi connectivity index (χ0n) is 17.8. The van der Waals surface area contributed by atoms with Gasteiger partial charge in [0.25, 0.3) is 0 Å². The van der Waals surface area contributed by atoms with Crippen LogP contribution in [0.3, 0.4) is 0 Å². The number of thiazole rings is 1. The molecule has 1 aliphatic carbocycles. The molecule has 2 aliphatic rings. The largest absolute Gasteiger partial charge is 0.383 e. The summed E-state index contributed by atoms with van der Waals surface area (Å²) in [6.45, 7) is 3.93. The zero-order valence-corrected chi connectivity index (χ0v) is 22.4. The maximum Gasteiger partial charge on any atom is 0.211 e. The molecular weight excluding hydrogens is 589 g/mol. The number of halogens is 2. The van der Waals surface area contributed by atoms with Crippen LogP contribution in [0.1, 0.15) is 32.9 Å². The molecule has 11 heteroatoms. The SMILES string of the molecule is Cc1c(Sc2cnc(N3CCC4(CC3)Cc3sc(Cl)nc3[C@H]4I)n3ccnc23)ccnc1N. The first-order valence-electron chi connectivity index (χ1n) is 10.7. The van der Waals surface area contributed by atoms with Gasteiger partial charge in [0.15, 0.2) is 10.1 Å². The number of rotatable bonds is 3. The van der Waals surface area contributed by atoms with E-state index in [1.54, 1.807) is 29.3 Å². The van der Waals surface area contributed by atoms with Gasteiger partial charge >= 0.3 is 0 Å². The Morgan fingerprint density at radius 2 is 2.03 bits per heavy atom. The maximum atomic E-state index is 6.17. The lowest BCUT2D eigenvalue weighted by Crippen LogP contribution is -2.42. The standard InChI is InChI=1S/C22H21ClIN7S2/c1-12-13(2-5-26-18(12)25)32-15-11-28-21(31-9-6-27-19(15)31)30-7-3-22(4-8-30)10-14-16(17(22)24)29-20(23)33-14/h2,5-6,9,11,17H,3-4,7-8,10H2,1H3,(H2,25,26)/t17-/m1/s1. The third kappa shape index (κ3) is 3.60. The quantitative estimate of drug-likeness (QED) is 0.239. The number of pyridine rings is 1. The van der Waals surface area contributed by atoms with E-state index in [0.29, 0.717) is 14.2 Å². The topological polar surface area (TPSA) is 85.2 Å². The third-order valence-electron chi connectivity index (χ3n) is 6.82. The number of alkyl halides is 1. The van der Waals surface area contributed by atoms with E-state index < -0.39 is 0 Å². The minimum atomic E-state index is 0.276. The van der Waals surface area contributed by atoms with Crippen molar-refractivity contribution in [2.45, 2.75) is 39.9 Å². The van der Waals surface area contributed by atoms with Crippen LogP contribution < -0.4 is 10.6 Å². The molecule has 7 nitrogen and oxygen atoms in total. The van der Waals surface area contributed by atoms with Crippen molar-refractivity contribution in [3.05, 3.63) is 51.5 Å². The Hall–Kier alpha value is -1.63. The molecule has 1 spiro atoms. The Labute approximate surface area is 218 Å². The van der Waals surface area contributed by atoms with Crippen LogP contribution in [0.2, 0.25) is 4.47 Å². The minimum absolute atomic E-state index is 0.276. The number of imidazole rings is 1. The number of fused-ring (bicyclic) bond motifs is 2. The van der Waals surface area contributed by atoms with Crippen LogP contribution in [0.15, 0.2) is 40.6 Å². The molecule has 0 aromatic carbocycles. The summed E-state index contributed by atoms with van der Waals surface area (Å²) in [5.41, 5.74) is 9.37. The Morgan fingerprint density at radius 3 is 2.82 bits per heavy atom. The molecule has 0 bridgehead atoms. The molecule has 1 saturated heterocycles. The molecule has 1 fully saturated rings. The van der Waals surface area contributed by atoms with E-state index in [1.165, 1.54) is 10.6 Å². The summed E-state index contributed by atoms with van der Waals surface area (Å²) in [7, 11) is 0. The molecule has 4 aromatic rings. The van der Waals surface area contributed by atoms with Gasteiger partial charge in [-0.1, -0.05) is 46.0 Å². The Balaban J connectivity index is 1.25. The van der Waals surface area contributed by atoms with E-state index in [-0.39, 0.29) is 5.41 Å². The number of hydrogen-bond acceptors (Lipinski definition) is 8. The second-order valence-corrected chi connectivity index (χ2v) is 12.6. The van der Waals surface area contributed by atoms with Gasteiger partial charge in [-0.15, -0.1) is 11.3 Å². The summed E-state index contributed by atoms with van der Waals surface area (Å²) in [5.74, 6) is 1.50. The minimum Gasteiger partial charge on any atom is -0.383 e. The normalized spacial score (nSPS) is 19.5. The lowest BCUT2D eigenvalue weighted by molar-refractivity contribution is 0.233. The smallest absolute Gasteiger partial charge is 0.211 e. The van der Waals surface area contributed by atoms with Gasteiger partial charge in [0, 0.05) is 53.2 Å². The zero-order chi connectivity index (χ0) is 22.7. The highest BCUT2D eigenvalue weighted by molar-refractivity contribution is 14.1. The fraction of sp³-hybridized carbons (Fsp3) is 0.364. The predicted octanol–water partition coefficient (Wildman–Crippen LogP) is 5.60. The van der Waals surface area contributed by atoms with Crippen molar-refractivity contribution < 1.29 is 0 Å². The summed E-state index contributed by atoms with van der Waals surface area (Å²) in [6, 6.07) is 1.98. The van der Waals surface area contributed by atoms with Crippen molar-refractivity contribution in [1.82, 2.24) is 24.3 Å². The second kappa shape index (κ2) is 8.24. The van der Waals surface area contributed by atoms with Crippen LogP contribution in [0.5, 0.6) is 0 Å². The Morgan fingerprint density at radius 1 is 1.21 bits per heavy atom. The highest BCUT2D eigenvalue weighted by atomic mass is 127. The van der Waals surface area contributed by atoms with Crippen LogP contribution in [-0.2, 0) is 6.42 Å². The monoisotopic (exact) mass is 609 g/mol. The average Bonchev–Trinajstić information content (AvgIpc) is 3.49. The molecule has 0 radical (unpaired) electrons. The fourth-order valence-corrected chi connectivity index (χ4v) is 8.78. The number of nitrogens with zero attached hydrogens (tertiary/aromatic N) is 6. The summed E-state index contributed by atoms with van der Waals surface area (Å²) in [4.78, 5) is 24.1. The number of nitrogens with two attached hydrogens (primary N) is 1. The van der Waals surface area contributed by atoms with Crippen LogP contribution in [-0.4, -0.2) is 37.4 Å². The predicted molar refractivity (Wildman–Crippen MR) is 142 cm³/mol. The van der Waals surface area contributed by atoms with Crippen molar-refractivity contribution in [3.8, 4) is 0 Å². The number of hydrogen-bond donors (Lipinski definition) is 1. The molecular formula is C22H21ClIN7S2. The molecule has 1 aliphatic heterocycles. The van der Waals surface area contributed by atoms with Crippen LogP contribution in [0.4, 0.5) is 11.8 Å². The second-order valence-electron chi connectivity index (χ2n) is 8.63. The van der Waals surface area contributed by atoms with Gasteiger partial charge in [0.2, 0.25) is 5.95 Å². The fourth-order valence-electron chi connectivity index (χ4n) is 4.89. The molecule has 6 rings (SSSR count). The van der Waals surface area contributed by atoms with Crippen LogP contribution >= 0.6 is 57.3 Å². The van der Waals surface area contributed by atoms with Gasteiger partial charge in [-0.2, -0.15) is 0 Å². The first kappa shape index (κ1) is 21.9. The molecule has 0 saturated carbocycles. The highest BCUT2D eigenvalue weighted by Crippen LogP contribution is 2.58. The van der Waals surface area contributed by atoms with E-state index in [4.69, 9.17) is 22.3 Å². The molecule has 33 heavy (non-hydrogen) atoms. The first-order valence-corrected chi connectivity index (χ1v) is 14.0. The van der Waals surface area contributed by atoms with Crippen molar-refractivity contribution in [3.63, 3.8) is 0 Å². The van der Waals surface area contributed by atoms with Crippen LogP contribution in [0.25, 0.3) is 5.65 Å². The van der Waals surface area contributed by atoms with Crippen molar-refractivity contribution in [1.29, 1.82) is 0 Å². The maximum absolute atomic E-state index is 6.17. The van der Waals surface area contributed by atoms with Gasteiger partial charge in [0.1, 0.15) is 5.82 Å².